The molecule has 0 radical (unpaired) electrons. The topological polar surface area (TPSA) is 91.2 Å². The van der Waals surface area contributed by atoms with E-state index in [4.69, 9.17) is 9.94 Å². The lowest BCUT2D eigenvalue weighted by molar-refractivity contribution is -0.131. The molecule has 19 heavy (non-hydrogen) atoms. The average Bonchev–Trinajstić information content (AvgIpc) is 3.09. The predicted octanol–water partition coefficient (Wildman–Crippen LogP) is -0.184. The van der Waals surface area contributed by atoms with Crippen molar-refractivity contribution >= 4 is 17.6 Å². The third kappa shape index (κ3) is 3.66. The highest BCUT2D eigenvalue weighted by molar-refractivity contribution is 6.36. The summed E-state index contributed by atoms with van der Waals surface area (Å²) in [5, 5.41) is 14.9. The van der Waals surface area contributed by atoms with Crippen LogP contribution in [0.15, 0.2) is 5.16 Å². The zero-order valence-corrected chi connectivity index (χ0v) is 11.0. The van der Waals surface area contributed by atoms with E-state index in [9.17, 15) is 9.59 Å². The molecule has 1 amide bonds. The van der Waals surface area contributed by atoms with E-state index in [0.717, 1.165) is 13.1 Å². The molecule has 2 N–H and O–H groups in total. The van der Waals surface area contributed by atoms with Crippen molar-refractivity contribution in [3.63, 3.8) is 0 Å². The number of likely N-dealkylation sites (N-methyl/N-ethyl adjacent to an activating group) is 1. The van der Waals surface area contributed by atoms with Crippen molar-refractivity contribution in [2.24, 2.45) is 5.16 Å². The molecule has 2 rings (SSSR count). The molecule has 1 aliphatic heterocycles. The van der Waals surface area contributed by atoms with Gasteiger partial charge in [-0.2, -0.15) is 0 Å². The van der Waals surface area contributed by atoms with E-state index in [0.29, 0.717) is 12.6 Å². The van der Waals surface area contributed by atoms with E-state index in [1.165, 1.54) is 12.8 Å². The fourth-order valence-corrected chi connectivity index (χ4v) is 2.12. The molecular formula is C12H19N3O4. The molecule has 2 aliphatic rings. The van der Waals surface area contributed by atoms with Gasteiger partial charge in [-0.05, 0) is 19.4 Å². The molecule has 7 nitrogen and oxygen atoms in total. The number of carboxylic acid groups (broad SMARTS) is 1. The highest BCUT2D eigenvalue weighted by Gasteiger charge is 2.32. The van der Waals surface area contributed by atoms with Crippen LogP contribution in [0.2, 0.25) is 0 Å². The van der Waals surface area contributed by atoms with E-state index >= 15 is 0 Å². The standard InChI is InChI=1S/C12H19N3O4/c1-2-15(8-3-4-8)6-5-13-11(16)10-7-9(12(17)18)14-19-10/h8,10H,2-7H2,1H3,(H,13,16)(H,17,18). The first kappa shape index (κ1) is 13.8. The van der Waals surface area contributed by atoms with Gasteiger partial charge in [0.05, 0.1) is 0 Å². The number of amides is 1. The third-order valence-corrected chi connectivity index (χ3v) is 3.38. The van der Waals surface area contributed by atoms with Gasteiger partial charge in [-0.25, -0.2) is 4.79 Å². The third-order valence-electron chi connectivity index (χ3n) is 3.38. The number of aliphatic carboxylic acids is 1. The van der Waals surface area contributed by atoms with Gasteiger partial charge in [-0.3, -0.25) is 9.69 Å². The van der Waals surface area contributed by atoms with Crippen molar-refractivity contribution in [2.45, 2.75) is 38.3 Å². The molecule has 1 unspecified atom stereocenters. The number of nitrogens with zero attached hydrogens (tertiary/aromatic N) is 2. The van der Waals surface area contributed by atoms with Crippen LogP contribution in [-0.2, 0) is 14.4 Å². The minimum Gasteiger partial charge on any atom is -0.477 e. The summed E-state index contributed by atoms with van der Waals surface area (Å²) in [4.78, 5) is 29.5. The van der Waals surface area contributed by atoms with Crippen molar-refractivity contribution in [2.75, 3.05) is 19.6 Å². The number of carbonyl (C=O) groups is 2. The minimum atomic E-state index is -1.14. The first-order chi connectivity index (χ1) is 9.11. The van der Waals surface area contributed by atoms with Gasteiger partial charge in [0.15, 0.2) is 5.71 Å². The fourth-order valence-electron chi connectivity index (χ4n) is 2.12. The maximum atomic E-state index is 11.7. The van der Waals surface area contributed by atoms with Crippen LogP contribution in [0.5, 0.6) is 0 Å². The SMILES string of the molecule is CCN(CCNC(=O)C1CC(C(=O)O)=NO1)C1CC1. The monoisotopic (exact) mass is 269 g/mol. The van der Waals surface area contributed by atoms with Crippen LogP contribution in [0.1, 0.15) is 26.2 Å². The molecule has 1 fully saturated rings. The smallest absolute Gasteiger partial charge is 0.353 e. The summed E-state index contributed by atoms with van der Waals surface area (Å²) < 4.78 is 0. The molecular weight excluding hydrogens is 250 g/mol. The molecule has 7 heteroatoms. The highest BCUT2D eigenvalue weighted by atomic mass is 16.6. The molecule has 1 aliphatic carbocycles. The fraction of sp³-hybridized carbons (Fsp3) is 0.750. The van der Waals surface area contributed by atoms with E-state index in [1.807, 2.05) is 0 Å². The molecule has 0 aromatic rings. The number of rotatable bonds is 7. The summed E-state index contributed by atoms with van der Waals surface area (Å²) in [6.07, 6.45) is 1.70. The van der Waals surface area contributed by atoms with E-state index < -0.39 is 12.1 Å². The Morgan fingerprint density at radius 3 is 2.79 bits per heavy atom. The van der Waals surface area contributed by atoms with Crippen LogP contribution in [0.4, 0.5) is 0 Å². The molecule has 106 valence electrons. The van der Waals surface area contributed by atoms with Crippen LogP contribution >= 0.6 is 0 Å². The summed E-state index contributed by atoms with van der Waals surface area (Å²) in [7, 11) is 0. The van der Waals surface area contributed by atoms with Gasteiger partial charge in [0.2, 0.25) is 6.10 Å². The van der Waals surface area contributed by atoms with Crippen LogP contribution in [0, 0.1) is 0 Å². The van der Waals surface area contributed by atoms with Crippen LogP contribution in [0.25, 0.3) is 0 Å². The van der Waals surface area contributed by atoms with Crippen molar-refractivity contribution in [3.05, 3.63) is 0 Å². The van der Waals surface area contributed by atoms with Gasteiger partial charge in [0.1, 0.15) is 0 Å². The second kappa shape index (κ2) is 6.01. The number of nitrogens with one attached hydrogen (secondary N) is 1. The summed E-state index contributed by atoms with van der Waals surface area (Å²) in [6, 6.07) is 0.673. The Morgan fingerprint density at radius 2 is 2.26 bits per heavy atom. The molecule has 0 spiro atoms. The lowest BCUT2D eigenvalue weighted by atomic mass is 10.2. The summed E-state index contributed by atoms with van der Waals surface area (Å²) in [6.45, 7) is 4.44. The van der Waals surface area contributed by atoms with Crippen LogP contribution in [-0.4, -0.2) is 59.4 Å². The summed E-state index contributed by atoms with van der Waals surface area (Å²) in [5.41, 5.74) is -0.103. The first-order valence-electron chi connectivity index (χ1n) is 6.59. The van der Waals surface area contributed by atoms with Crippen LogP contribution in [0.3, 0.4) is 0 Å². The molecule has 1 atom stereocenters. The Balaban J connectivity index is 1.66. The Morgan fingerprint density at radius 1 is 1.53 bits per heavy atom. The van der Waals surface area contributed by atoms with Gasteiger partial charge in [-0.15, -0.1) is 0 Å². The largest absolute Gasteiger partial charge is 0.477 e. The normalized spacial score (nSPS) is 22.0. The molecule has 0 saturated heterocycles. The van der Waals surface area contributed by atoms with Crippen molar-refractivity contribution in [3.8, 4) is 0 Å². The summed E-state index contributed by atoms with van der Waals surface area (Å²) >= 11 is 0. The Labute approximate surface area is 111 Å². The Kier molecular flexibility index (Phi) is 4.36. The number of carbonyl (C=O) groups excluding carboxylic acids is 1. The molecule has 0 aromatic carbocycles. The number of hydrogen-bond acceptors (Lipinski definition) is 5. The molecule has 0 aromatic heterocycles. The van der Waals surface area contributed by atoms with Gasteiger partial charge >= 0.3 is 5.97 Å². The quantitative estimate of drug-likeness (QED) is 0.669. The van der Waals surface area contributed by atoms with Crippen molar-refractivity contribution in [1.82, 2.24) is 10.2 Å². The van der Waals surface area contributed by atoms with Crippen molar-refractivity contribution in [1.29, 1.82) is 0 Å². The van der Waals surface area contributed by atoms with E-state index in [1.54, 1.807) is 0 Å². The Hall–Kier alpha value is -1.63. The second-order valence-electron chi connectivity index (χ2n) is 4.79. The van der Waals surface area contributed by atoms with Gasteiger partial charge in [0, 0.05) is 25.6 Å². The average molecular weight is 269 g/mol. The number of carboxylic acids is 1. The molecule has 0 bridgehead atoms. The van der Waals surface area contributed by atoms with Gasteiger partial charge < -0.3 is 15.3 Å². The lowest BCUT2D eigenvalue weighted by Gasteiger charge is -2.20. The Bertz CT molecular complexity index is 392. The van der Waals surface area contributed by atoms with E-state index in [2.05, 4.69) is 22.3 Å². The predicted molar refractivity (Wildman–Crippen MR) is 67.8 cm³/mol. The number of hydrogen-bond donors (Lipinski definition) is 2. The first-order valence-corrected chi connectivity index (χ1v) is 6.59. The highest BCUT2D eigenvalue weighted by Crippen LogP contribution is 2.25. The van der Waals surface area contributed by atoms with Crippen LogP contribution < -0.4 is 5.32 Å². The zero-order chi connectivity index (χ0) is 13.8. The minimum absolute atomic E-state index is 0.0291. The number of oxime groups is 1. The maximum absolute atomic E-state index is 11.7. The molecule has 1 saturated carbocycles. The summed E-state index contributed by atoms with van der Waals surface area (Å²) in [5.74, 6) is -1.44. The van der Waals surface area contributed by atoms with Gasteiger partial charge in [0.25, 0.3) is 5.91 Å². The second-order valence-corrected chi connectivity index (χ2v) is 4.79. The lowest BCUT2D eigenvalue weighted by Crippen LogP contribution is -2.40. The van der Waals surface area contributed by atoms with Gasteiger partial charge in [-0.1, -0.05) is 12.1 Å². The zero-order valence-electron chi connectivity index (χ0n) is 11.0. The molecule has 1 heterocycles. The van der Waals surface area contributed by atoms with Crippen molar-refractivity contribution < 1.29 is 19.5 Å². The maximum Gasteiger partial charge on any atom is 0.353 e. The van der Waals surface area contributed by atoms with E-state index in [-0.39, 0.29) is 18.0 Å².